The zero-order valence-corrected chi connectivity index (χ0v) is 26.9. The second-order valence-corrected chi connectivity index (χ2v) is 13.5. The van der Waals surface area contributed by atoms with E-state index in [0.717, 1.165) is 60.8 Å². The van der Waals surface area contributed by atoms with Gasteiger partial charge >= 0.3 is 0 Å². The van der Waals surface area contributed by atoms with Gasteiger partial charge < -0.3 is 20.9 Å². The van der Waals surface area contributed by atoms with Crippen LogP contribution in [0.3, 0.4) is 0 Å². The summed E-state index contributed by atoms with van der Waals surface area (Å²) in [5, 5.41) is 34.7. The molecule has 1 saturated heterocycles. The van der Waals surface area contributed by atoms with Crippen LogP contribution >= 0.6 is 0 Å². The van der Waals surface area contributed by atoms with Gasteiger partial charge in [0.2, 0.25) is 5.91 Å². The molecule has 3 aliphatic carbocycles. The van der Waals surface area contributed by atoms with Crippen molar-refractivity contribution < 1.29 is 14.4 Å². The zero-order chi connectivity index (χ0) is 32.7. The number of carbonyl (C=O) groups is 3. The molecule has 1 aliphatic heterocycles. The second-order valence-electron chi connectivity index (χ2n) is 13.5. The van der Waals surface area contributed by atoms with Gasteiger partial charge in [-0.3, -0.25) is 14.4 Å². The molecule has 3 amide bonds. The van der Waals surface area contributed by atoms with Crippen molar-refractivity contribution in [3.8, 4) is 6.07 Å². The Morgan fingerprint density at radius 2 is 1.64 bits per heavy atom. The van der Waals surface area contributed by atoms with E-state index < -0.39 is 5.41 Å². The molecule has 2 saturated carbocycles. The number of carbonyl (C=O) groups excluding carboxylic acids is 3. The minimum atomic E-state index is -0.874. The van der Waals surface area contributed by atoms with Crippen LogP contribution in [0.5, 0.6) is 0 Å². The highest BCUT2D eigenvalue weighted by Gasteiger charge is 2.54. The lowest BCUT2D eigenvalue weighted by molar-refractivity contribution is -0.131. The first-order valence-corrected chi connectivity index (χ1v) is 16.8. The number of nitrogens with one attached hydrogen (secondary N) is 4. The Morgan fingerprint density at radius 3 is 2.19 bits per heavy atom. The van der Waals surface area contributed by atoms with Gasteiger partial charge in [0.15, 0.2) is 5.82 Å². The van der Waals surface area contributed by atoms with Gasteiger partial charge in [0.25, 0.3) is 11.8 Å². The van der Waals surface area contributed by atoms with Gasteiger partial charge in [-0.15, -0.1) is 5.10 Å². The Morgan fingerprint density at radius 1 is 1.00 bits per heavy atom. The van der Waals surface area contributed by atoms with Crippen LogP contribution in [-0.2, 0) is 23.1 Å². The number of piperidine rings is 1. The number of amides is 3. The summed E-state index contributed by atoms with van der Waals surface area (Å²) in [5.74, 6) is 0.996. The predicted molar refractivity (Wildman–Crippen MR) is 172 cm³/mol. The third-order valence-electron chi connectivity index (χ3n) is 11.1. The first kappa shape index (κ1) is 31.0. The summed E-state index contributed by atoms with van der Waals surface area (Å²) in [4.78, 5) is 41.0. The topological polar surface area (TPSA) is 169 Å². The van der Waals surface area contributed by atoms with Crippen molar-refractivity contribution >= 4 is 17.7 Å². The van der Waals surface area contributed by atoms with E-state index in [0.29, 0.717) is 48.0 Å². The summed E-state index contributed by atoms with van der Waals surface area (Å²) in [6.45, 7) is 0.151. The molecule has 0 spiro atoms. The van der Waals surface area contributed by atoms with Crippen molar-refractivity contribution in [2.75, 3.05) is 20.6 Å². The second kappa shape index (κ2) is 12.5. The normalized spacial score (nSPS) is 23.1. The Hall–Kier alpha value is -4.63. The molecule has 0 radical (unpaired) electrons. The molecular formula is C35H41N9O3. The van der Waals surface area contributed by atoms with Crippen LogP contribution in [0.4, 0.5) is 0 Å². The van der Waals surface area contributed by atoms with Crippen molar-refractivity contribution in [2.45, 2.75) is 81.3 Å². The average Bonchev–Trinajstić information content (AvgIpc) is 3.52. The van der Waals surface area contributed by atoms with Gasteiger partial charge in [0.1, 0.15) is 6.04 Å². The van der Waals surface area contributed by atoms with Crippen molar-refractivity contribution in [1.82, 2.24) is 41.5 Å². The molecule has 3 fully saturated rings. The lowest BCUT2D eigenvalue weighted by Crippen LogP contribution is -2.49. The lowest BCUT2D eigenvalue weighted by atomic mass is 9.66. The Bertz CT molecular complexity index is 1660. The maximum atomic E-state index is 13.7. The van der Waals surface area contributed by atoms with Crippen LogP contribution in [-0.4, -0.2) is 82.0 Å². The number of benzene rings is 2. The Kier molecular flexibility index (Phi) is 8.26. The summed E-state index contributed by atoms with van der Waals surface area (Å²) < 4.78 is 0. The van der Waals surface area contributed by atoms with Crippen LogP contribution in [0.25, 0.3) is 0 Å². The quantitative estimate of drug-likeness (QED) is 0.278. The predicted octanol–water partition coefficient (Wildman–Crippen LogP) is 2.40. The highest BCUT2D eigenvalue weighted by atomic mass is 16.2. The maximum absolute atomic E-state index is 13.7. The van der Waals surface area contributed by atoms with Crippen LogP contribution in [0.2, 0.25) is 0 Å². The summed E-state index contributed by atoms with van der Waals surface area (Å²) in [6, 6.07) is 13.8. The molecule has 0 unspecified atom stereocenters. The molecule has 47 heavy (non-hydrogen) atoms. The van der Waals surface area contributed by atoms with Gasteiger partial charge in [-0.05, 0) is 114 Å². The third-order valence-corrected chi connectivity index (χ3v) is 11.1. The third kappa shape index (κ3) is 5.46. The monoisotopic (exact) mass is 635 g/mol. The van der Waals surface area contributed by atoms with Gasteiger partial charge in [-0.1, -0.05) is 25.0 Å². The molecule has 4 N–H and O–H groups in total. The van der Waals surface area contributed by atoms with Crippen molar-refractivity contribution in [3.05, 3.63) is 75.6 Å². The maximum Gasteiger partial charge on any atom is 0.251 e. The molecule has 2 heterocycles. The van der Waals surface area contributed by atoms with Crippen molar-refractivity contribution in [1.29, 1.82) is 5.26 Å². The van der Waals surface area contributed by atoms with Gasteiger partial charge in [0.05, 0.1) is 18.0 Å². The molecule has 12 nitrogen and oxygen atoms in total. The SMILES string of the molecule is CNC(=O)c1ccc2c(c1)CCc1cc(C(=O)NC)ccc1C2(C[C@@H](NCC(=O)N1[C@H](C#N)C[C@@H]2C[C@@H]21)C1CCCC1)c1nnn[nH]1. The summed E-state index contributed by atoms with van der Waals surface area (Å²) >= 11 is 0. The number of hydrogen-bond donors (Lipinski definition) is 4. The van der Waals surface area contributed by atoms with E-state index >= 15 is 0 Å². The van der Waals surface area contributed by atoms with E-state index in [4.69, 9.17) is 0 Å². The van der Waals surface area contributed by atoms with E-state index in [1.54, 1.807) is 14.1 Å². The fourth-order valence-electron chi connectivity index (χ4n) is 8.67. The first-order valence-electron chi connectivity index (χ1n) is 16.8. The average molecular weight is 636 g/mol. The standard InChI is InChI=1S/C35H41N9O3/c1-37-32(46)23-9-11-27-21(13-23)7-8-22-14-24(33(47)38-2)10-12-28(22)35(27,34-40-42-43-41-34)17-29(20-5-3-4-6-20)39-19-31(45)44-26(18-36)15-25-16-30(25)44/h9-14,20,25-26,29-30,39H,3-8,15-17,19H2,1-2H3,(H,37,46)(H,38,47)(H,40,41,42,43)/t25-,26+,29-,30+/m1/s1. The smallest absolute Gasteiger partial charge is 0.251 e. The number of H-pyrrole nitrogens is 1. The number of likely N-dealkylation sites (tertiary alicyclic amines) is 1. The minimum Gasteiger partial charge on any atom is -0.355 e. The van der Waals surface area contributed by atoms with Gasteiger partial charge in [0, 0.05) is 37.3 Å². The molecule has 3 aromatic rings. The molecule has 12 heteroatoms. The summed E-state index contributed by atoms with van der Waals surface area (Å²) in [6.07, 6.45) is 7.94. The van der Waals surface area contributed by atoms with E-state index in [1.165, 1.54) is 0 Å². The van der Waals surface area contributed by atoms with Crippen LogP contribution in [0.1, 0.15) is 93.7 Å². The molecule has 0 bridgehead atoms. The largest absolute Gasteiger partial charge is 0.355 e. The molecular weight excluding hydrogens is 594 g/mol. The van der Waals surface area contributed by atoms with E-state index in [-0.39, 0.29) is 42.4 Å². The number of aryl methyl sites for hydroxylation is 2. The number of fused-ring (bicyclic) bond motifs is 3. The molecule has 1 aromatic heterocycles. The number of aromatic nitrogens is 4. The zero-order valence-electron chi connectivity index (χ0n) is 26.9. The Labute approximate surface area is 274 Å². The molecule has 2 aromatic carbocycles. The number of tetrazole rings is 1. The Balaban J connectivity index is 1.34. The number of aromatic amines is 1. The van der Waals surface area contributed by atoms with E-state index in [9.17, 15) is 19.6 Å². The summed E-state index contributed by atoms with van der Waals surface area (Å²) in [7, 11) is 3.25. The summed E-state index contributed by atoms with van der Waals surface area (Å²) in [5.41, 5.74) is 4.28. The lowest BCUT2D eigenvalue weighted by Gasteiger charge is -2.39. The van der Waals surface area contributed by atoms with Crippen molar-refractivity contribution in [3.63, 3.8) is 0 Å². The van der Waals surface area contributed by atoms with Crippen LogP contribution in [0.15, 0.2) is 36.4 Å². The number of hydrogen-bond acceptors (Lipinski definition) is 8. The van der Waals surface area contributed by atoms with E-state index in [2.05, 4.69) is 42.6 Å². The molecule has 244 valence electrons. The van der Waals surface area contributed by atoms with Gasteiger partial charge in [-0.2, -0.15) is 5.26 Å². The first-order chi connectivity index (χ1) is 22.9. The highest BCUT2D eigenvalue weighted by Crippen LogP contribution is 2.49. The fourth-order valence-corrected chi connectivity index (χ4v) is 8.67. The van der Waals surface area contributed by atoms with E-state index in [1.807, 2.05) is 41.3 Å². The molecule has 4 atom stereocenters. The van der Waals surface area contributed by atoms with Crippen LogP contribution < -0.4 is 16.0 Å². The molecule has 4 aliphatic rings. The molecule has 7 rings (SSSR count). The number of nitriles is 1. The highest BCUT2D eigenvalue weighted by molar-refractivity contribution is 5.95. The number of nitrogens with zero attached hydrogens (tertiary/aromatic N) is 5. The van der Waals surface area contributed by atoms with Crippen LogP contribution in [0, 0.1) is 23.2 Å². The number of rotatable bonds is 9. The fraction of sp³-hybridized carbons (Fsp3) is 0.514. The van der Waals surface area contributed by atoms with Gasteiger partial charge in [-0.25, -0.2) is 5.10 Å². The minimum absolute atomic E-state index is 0.0213. The van der Waals surface area contributed by atoms with Crippen molar-refractivity contribution in [2.24, 2.45) is 11.8 Å².